The second-order valence-electron chi connectivity index (χ2n) is 6.35. The van der Waals surface area contributed by atoms with Gasteiger partial charge in [0, 0.05) is 32.7 Å². The Labute approximate surface area is 161 Å². The van der Waals surface area contributed by atoms with Crippen LogP contribution in [0.25, 0.3) is 10.7 Å². The Morgan fingerprint density at radius 1 is 1.26 bits per heavy atom. The molecule has 0 bridgehead atoms. The van der Waals surface area contributed by atoms with E-state index in [9.17, 15) is 9.59 Å². The summed E-state index contributed by atoms with van der Waals surface area (Å²) in [5.74, 6) is 0.934. The van der Waals surface area contributed by atoms with Crippen molar-refractivity contribution in [2.45, 2.75) is 19.9 Å². The summed E-state index contributed by atoms with van der Waals surface area (Å²) in [5, 5.41) is 11.0. The molecule has 27 heavy (non-hydrogen) atoms. The Morgan fingerprint density at radius 2 is 2.04 bits per heavy atom. The predicted molar refractivity (Wildman–Crippen MR) is 101 cm³/mol. The van der Waals surface area contributed by atoms with Gasteiger partial charge in [-0.1, -0.05) is 18.1 Å². The van der Waals surface area contributed by atoms with Gasteiger partial charge in [-0.05, 0) is 17.9 Å². The molecule has 2 N–H and O–H groups in total. The van der Waals surface area contributed by atoms with Gasteiger partial charge in [0.1, 0.15) is 0 Å². The molecule has 1 aliphatic rings. The van der Waals surface area contributed by atoms with Crippen molar-refractivity contribution >= 4 is 23.3 Å². The van der Waals surface area contributed by atoms with E-state index in [0.29, 0.717) is 24.8 Å². The zero-order valence-electron chi connectivity index (χ0n) is 15.3. The molecule has 9 nitrogen and oxygen atoms in total. The number of nitrogens with one attached hydrogen (secondary N) is 2. The third-order valence-corrected chi connectivity index (χ3v) is 5.05. The second kappa shape index (κ2) is 9.58. The first-order valence-electron chi connectivity index (χ1n) is 9.03. The fraction of sp³-hybridized carbons (Fsp3) is 0.529. The lowest BCUT2D eigenvalue weighted by molar-refractivity contribution is -0.121. The maximum absolute atomic E-state index is 11.9. The minimum Gasteiger partial charge on any atom is -0.338 e. The van der Waals surface area contributed by atoms with E-state index in [1.165, 1.54) is 0 Å². The second-order valence-corrected chi connectivity index (χ2v) is 7.29. The average molecular weight is 392 g/mol. The average Bonchev–Trinajstić information content (AvgIpc) is 3.33. The number of amides is 3. The van der Waals surface area contributed by atoms with Crippen LogP contribution in [0, 0.1) is 0 Å². The van der Waals surface area contributed by atoms with Gasteiger partial charge < -0.3 is 9.84 Å². The molecule has 0 aliphatic carbocycles. The van der Waals surface area contributed by atoms with Gasteiger partial charge in [0.15, 0.2) is 0 Å². The molecule has 2 aromatic heterocycles. The van der Waals surface area contributed by atoms with Crippen LogP contribution >= 0.6 is 11.3 Å². The molecule has 0 aromatic carbocycles. The van der Waals surface area contributed by atoms with Crippen LogP contribution in [0.4, 0.5) is 4.79 Å². The van der Waals surface area contributed by atoms with Crippen LogP contribution in [0.1, 0.15) is 19.2 Å². The predicted octanol–water partition coefficient (Wildman–Crippen LogP) is 1.15. The molecule has 2 aromatic rings. The summed E-state index contributed by atoms with van der Waals surface area (Å²) in [6, 6.07) is 3.49. The molecule has 0 saturated carbocycles. The van der Waals surface area contributed by atoms with Crippen molar-refractivity contribution in [3.63, 3.8) is 0 Å². The summed E-state index contributed by atoms with van der Waals surface area (Å²) >= 11 is 1.58. The van der Waals surface area contributed by atoms with Crippen LogP contribution in [0.5, 0.6) is 0 Å². The van der Waals surface area contributed by atoms with E-state index < -0.39 is 6.03 Å². The van der Waals surface area contributed by atoms with E-state index in [-0.39, 0.29) is 12.5 Å². The van der Waals surface area contributed by atoms with Gasteiger partial charge in [-0.3, -0.25) is 19.9 Å². The van der Waals surface area contributed by atoms with Crippen molar-refractivity contribution in [2.75, 3.05) is 39.3 Å². The van der Waals surface area contributed by atoms with Crippen molar-refractivity contribution in [1.82, 2.24) is 30.6 Å². The largest absolute Gasteiger partial charge is 0.338 e. The van der Waals surface area contributed by atoms with Crippen molar-refractivity contribution in [1.29, 1.82) is 0 Å². The first-order chi connectivity index (χ1) is 13.1. The highest BCUT2D eigenvalue weighted by molar-refractivity contribution is 7.13. The van der Waals surface area contributed by atoms with Crippen LogP contribution in [-0.2, 0) is 11.3 Å². The van der Waals surface area contributed by atoms with E-state index in [4.69, 9.17) is 4.52 Å². The summed E-state index contributed by atoms with van der Waals surface area (Å²) in [6.45, 7) is 6.42. The molecule has 146 valence electrons. The Hall–Kier alpha value is -2.30. The van der Waals surface area contributed by atoms with Gasteiger partial charge >= 0.3 is 6.03 Å². The Bertz CT molecular complexity index is 740. The van der Waals surface area contributed by atoms with Gasteiger partial charge in [0.25, 0.3) is 0 Å². The summed E-state index contributed by atoms with van der Waals surface area (Å²) in [6.07, 6.45) is 0.832. The zero-order valence-corrected chi connectivity index (χ0v) is 16.1. The van der Waals surface area contributed by atoms with Crippen LogP contribution in [-0.4, -0.2) is 71.1 Å². The SMILES string of the molecule is CCCNC(=O)NC(=O)CN1CCN(Cc2nc(-c3cccs3)no2)CC1. The summed E-state index contributed by atoms with van der Waals surface area (Å²) in [5.41, 5.74) is 0. The van der Waals surface area contributed by atoms with Gasteiger partial charge in [0.05, 0.1) is 18.0 Å². The van der Waals surface area contributed by atoms with Crippen molar-refractivity contribution in [2.24, 2.45) is 0 Å². The Morgan fingerprint density at radius 3 is 2.74 bits per heavy atom. The highest BCUT2D eigenvalue weighted by Crippen LogP contribution is 2.21. The maximum atomic E-state index is 11.9. The van der Waals surface area contributed by atoms with Gasteiger partial charge in [-0.25, -0.2) is 4.79 Å². The number of thiophene rings is 1. The number of hydrogen-bond donors (Lipinski definition) is 2. The molecule has 1 saturated heterocycles. The number of nitrogens with zero attached hydrogens (tertiary/aromatic N) is 4. The molecule has 3 amide bonds. The smallest absolute Gasteiger partial charge is 0.321 e. The standard InChI is InChI=1S/C17H24N6O3S/c1-2-5-18-17(25)19-14(24)11-22-6-8-23(9-7-22)12-15-20-16(21-26-15)13-4-3-10-27-13/h3-4,10H,2,5-9,11-12H2,1H3,(H2,18,19,24,25). The number of urea groups is 1. The maximum Gasteiger partial charge on any atom is 0.321 e. The molecule has 10 heteroatoms. The molecule has 0 unspecified atom stereocenters. The number of carbonyl (C=O) groups is 2. The van der Waals surface area contributed by atoms with Gasteiger partial charge in [-0.2, -0.15) is 4.98 Å². The number of rotatable bonds is 7. The quantitative estimate of drug-likeness (QED) is 0.728. The number of aromatic nitrogens is 2. The number of hydrogen-bond acceptors (Lipinski definition) is 8. The van der Waals surface area contributed by atoms with E-state index in [2.05, 4.69) is 25.7 Å². The Kier molecular flexibility index (Phi) is 6.91. The fourth-order valence-corrected chi connectivity index (χ4v) is 3.42. The zero-order chi connectivity index (χ0) is 19.1. The van der Waals surface area contributed by atoms with E-state index in [1.54, 1.807) is 11.3 Å². The molecule has 3 rings (SSSR count). The minimum atomic E-state index is -0.432. The fourth-order valence-electron chi connectivity index (χ4n) is 2.77. The summed E-state index contributed by atoms with van der Waals surface area (Å²) in [4.78, 5) is 33.1. The molecular formula is C17H24N6O3S. The molecule has 1 fully saturated rings. The van der Waals surface area contributed by atoms with Crippen LogP contribution in [0.3, 0.4) is 0 Å². The van der Waals surface area contributed by atoms with E-state index in [0.717, 1.165) is 37.5 Å². The van der Waals surface area contributed by atoms with Crippen LogP contribution < -0.4 is 10.6 Å². The van der Waals surface area contributed by atoms with Crippen molar-refractivity contribution in [3.05, 3.63) is 23.4 Å². The van der Waals surface area contributed by atoms with Crippen molar-refractivity contribution in [3.8, 4) is 10.7 Å². The topological polar surface area (TPSA) is 104 Å². The Balaban J connectivity index is 1.39. The van der Waals surface area contributed by atoms with Crippen molar-refractivity contribution < 1.29 is 14.1 Å². The summed E-state index contributed by atoms with van der Waals surface area (Å²) < 4.78 is 5.34. The first kappa shape index (κ1) is 19.5. The summed E-state index contributed by atoms with van der Waals surface area (Å²) in [7, 11) is 0. The van der Waals surface area contributed by atoms with Gasteiger partial charge in [-0.15, -0.1) is 11.3 Å². The minimum absolute atomic E-state index is 0.219. The van der Waals surface area contributed by atoms with E-state index in [1.807, 2.05) is 29.3 Å². The van der Waals surface area contributed by atoms with Crippen LogP contribution in [0.15, 0.2) is 22.0 Å². The lowest BCUT2D eigenvalue weighted by atomic mass is 10.3. The molecule has 0 atom stereocenters. The molecule has 0 spiro atoms. The van der Waals surface area contributed by atoms with E-state index >= 15 is 0 Å². The third kappa shape index (κ3) is 5.84. The first-order valence-corrected chi connectivity index (χ1v) is 9.91. The third-order valence-electron chi connectivity index (χ3n) is 4.19. The lowest BCUT2D eigenvalue weighted by Gasteiger charge is -2.33. The number of carbonyl (C=O) groups excluding carboxylic acids is 2. The highest BCUT2D eigenvalue weighted by atomic mass is 32.1. The number of piperazine rings is 1. The van der Waals surface area contributed by atoms with Gasteiger partial charge in [0.2, 0.25) is 17.6 Å². The molecule has 1 aliphatic heterocycles. The molecular weight excluding hydrogens is 368 g/mol. The monoisotopic (exact) mass is 392 g/mol. The normalized spacial score (nSPS) is 15.6. The van der Waals surface area contributed by atoms with Crippen LogP contribution in [0.2, 0.25) is 0 Å². The highest BCUT2D eigenvalue weighted by Gasteiger charge is 2.21. The molecule has 0 radical (unpaired) electrons. The number of imide groups is 1. The molecule has 3 heterocycles. The lowest BCUT2D eigenvalue weighted by Crippen LogP contribution is -2.50.